The number of hydrogen-bond donors (Lipinski definition) is 3. The van der Waals surface area contributed by atoms with Gasteiger partial charge in [-0.3, -0.25) is 4.79 Å². The maximum atomic E-state index is 12.3. The fourth-order valence-electron chi connectivity index (χ4n) is 2.99. The van der Waals surface area contributed by atoms with Crippen molar-refractivity contribution >= 4 is 27.7 Å². The third-order valence-corrected chi connectivity index (χ3v) is 6.45. The van der Waals surface area contributed by atoms with Crippen LogP contribution in [-0.4, -0.2) is 57.1 Å². The zero-order valence-corrected chi connectivity index (χ0v) is 16.4. The van der Waals surface area contributed by atoms with Crippen LogP contribution in [0.3, 0.4) is 0 Å². The summed E-state index contributed by atoms with van der Waals surface area (Å²) < 4.78 is 30.8. The summed E-state index contributed by atoms with van der Waals surface area (Å²) in [5.41, 5.74) is 0.390. The molecule has 0 atom stereocenters. The van der Waals surface area contributed by atoms with E-state index in [2.05, 4.69) is 10.6 Å². The molecule has 2 rings (SSSR count). The van der Waals surface area contributed by atoms with Crippen molar-refractivity contribution in [2.45, 2.75) is 36.6 Å². The Labute approximate surface area is 158 Å². The topological polar surface area (TPSA) is 125 Å². The molecule has 27 heavy (non-hydrogen) atoms. The van der Waals surface area contributed by atoms with Crippen LogP contribution >= 0.6 is 0 Å². The molecule has 0 heterocycles. The molecule has 0 spiro atoms. The smallest absolute Gasteiger partial charge is 0.319 e. The predicted octanol–water partition coefficient (Wildman–Crippen LogP) is 1.71. The summed E-state index contributed by atoms with van der Waals surface area (Å²) in [6, 6.07) is 3.79. The maximum Gasteiger partial charge on any atom is 0.319 e. The van der Waals surface area contributed by atoms with Gasteiger partial charge in [-0.05, 0) is 37.8 Å². The van der Waals surface area contributed by atoms with Gasteiger partial charge in [-0.25, -0.2) is 17.5 Å². The molecule has 2 amide bonds. The number of urea groups is 1. The summed E-state index contributed by atoms with van der Waals surface area (Å²) in [5.74, 6) is -1.01. The van der Waals surface area contributed by atoms with E-state index < -0.39 is 22.0 Å². The van der Waals surface area contributed by atoms with Crippen molar-refractivity contribution in [1.29, 1.82) is 0 Å². The highest BCUT2D eigenvalue weighted by atomic mass is 32.2. The average molecular weight is 399 g/mol. The predicted molar refractivity (Wildman–Crippen MR) is 99.4 cm³/mol. The Hall–Kier alpha value is -2.33. The number of anilines is 1. The minimum atomic E-state index is -3.67. The molecule has 0 unspecified atom stereocenters. The third-order valence-electron chi connectivity index (χ3n) is 4.59. The van der Waals surface area contributed by atoms with Crippen LogP contribution in [0.4, 0.5) is 10.5 Å². The number of rotatable bonds is 6. The molecule has 1 aromatic rings. The highest BCUT2D eigenvalue weighted by molar-refractivity contribution is 7.89. The molecule has 150 valence electrons. The second-order valence-electron chi connectivity index (χ2n) is 6.64. The molecule has 1 fully saturated rings. The van der Waals surface area contributed by atoms with E-state index in [1.807, 2.05) is 0 Å². The number of benzene rings is 1. The molecule has 10 heteroatoms. The van der Waals surface area contributed by atoms with Gasteiger partial charge in [0.05, 0.1) is 13.0 Å². The van der Waals surface area contributed by atoms with Gasteiger partial charge in [0, 0.05) is 31.9 Å². The number of carboxylic acids is 1. The van der Waals surface area contributed by atoms with Crippen molar-refractivity contribution in [3.05, 3.63) is 18.2 Å². The van der Waals surface area contributed by atoms with Crippen molar-refractivity contribution in [3.63, 3.8) is 0 Å². The average Bonchev–Trinajstić information content (AvgIpc) is 2.61. The molecular formula is C17H25N3O6S. The first kappa shape index (κ1) is 21.0. The number of nitrogens with zero attached hydrogens (tertiary/aromatic N) is 1. The van der Waals surface area contributed by atoms with Crippen LogP contribution < -0.4 is 15.4 Å². The summed E-state index contributed by atoms with van der Waals surface area (Å²) >= 11 is 0. The molecule has 0 aliphatic heterocycles. The molecule has 1 aromatic carbocycles. The van der Waals surface area contributed by atoms with E-state index >= 15 is 0 Å². The maximum absolute atomic E-state index is 12.3. The molecule has 3 N–H and O–H groups in total. The van der Waals surface area contributed by atoms with E-state index in [4.69, 9.17) is 9.84 Å². The number of carbonyl (C=O) groups excluding carboxylic acids is 1. The van der Waals surface area contributed by atoms with Gasteiger partial charge in [-0.2, -0.15) is 0 Å². The first-order valence-electron chi connectivity index (χ1n) is 8.56. The van der Waals surface area contributed by atoms with Gasteiger partial charge < -0.3 is 20.5 Å². The summed E-state index contributed by atoms with van der Waals surface area (Å²) in [4.78, 5) is 23.2. The normalized spacial score (nSPS) is 20.1. The van der Waals surface area contributed by atoms with Crippen molar-refractivity contribution in [1.82, 2.24) is 9.62 Å². The monoisotopic (exact) mass is 399 g/mol. The number of carboxylic acid groups (broad SMARTS) is 1. The molecule has 1 aliphatic carbocycles. The molecule has 0 bridgehead atoms. The molecule has 1 aliphatic rings. The Balaban J connectivity index is 2.01. The van der Waals surface area contributed by atoms with Crippen molar-refractivity contribution in [3.8, 4) is 5.75 Å². The Morgan fingerprint density at radius 3 is 2.33 bits per heavy atom. The van der Waals surface area contributed by atoms with E-state index in [0.717, 1.165) is 4.31 Å². The lowest BCUT2D eigenvalue weighted by Crippen LogP contribution is -2.41. The summed E-state index contributed by atoms with van der Waals surface area (Å²) in [5, 5.41) is 14.5. The third kappa shape index (κ3) is 5.10. The first-order chi connectivity index (χ1) is 12.6. The molecular weight excluding hydrogens is 374 g/mol. The quantitative estimate of drug-likeness (QED) is 0.669. The summed E-state index contributed by atoms with van der Waals surface area (Å²) in [6.45, 7) is 0. The molecule has 1 saturated carbocycles. The van der Waals surface area contributed by atoms with Gasteiger partial charge in [0.1, 0.15) is 10.6 Å². The first-order valence-corrected chi connectivity index (χ1v) is 10.00. The number of ether oxygens (including phenoxy) is 1. The van der Waals surface area contributed by atoms with Crippen LogP contribution in [0.25, 0.3) is 0 Å². The Kier molecular flexibility index (Phi) is 6.66. The molecule has 0 aromatic heterocycles. The van der Waals surface area contributed by atoms with E-state index in [1.165, 1.54) is 39.4 Å². The van der Waals surface area contributed by atoms with Crippen LogP contribution in [0.2, 0.25) is 0 Å². The standard InChI is InChI=1S/C17H25N3O6S/c1-20(2)27(24,25)15-9-8-13(10-14(15)26-3)19-17(23)18-12-6-4-11(5-7-12)16(21)22/h8-12H,4-7H2,1-3H3,(H,21,22)(H2,18,19,23). The number of sulfonamides is 1. The van der Waals surface area contributed by atoms with Gasteiger partial charge in [0.15, 0.2) is 0 Å². The fourth-order valence-corrected chi connectivity index (χ4v) is 4.02. The number of hydrogen-bond acceptors (Lipinski definition) is 5. The van der Waals surface area contributed by atoms with Crippen molar-refractivity contribution in [2.24, 2.45) is 5.92 Å². The second kappa shape index (κ2) is 8.57. The van der Waals surface area contributed by atoms with Gasteiger partial charge in [0.2, 0.25) is 10.0 Å². The second-order valence-corrected chi connectivity index (χ2v) is 8.76. The zero-order chi connectivity index (χ0) is 20.2. The largest absolute Gasteiger partial charge is 0.495 e. The summed E-state index contributed by atoms with van der Waals surface area (Å²) in [7, 11) is 0.536. The minimum Gasteiger partial charge on any atom is -0.495 e. The minimum absolute atomic E-state index is 0.00736. The van der Waals surface area contributed by atoms with Crippen LogP contribution in [0, 0.1) is 5.92 Å². The molecule has 0 saturated heterocycles. The van der Waals surface area contributed by atoms with Gasteiger partial charge >= 0.3 is 12.0 Å². The zero-order valence-electron chi connectivity index (χ0n) is 15.6. The Morgan fingerprint density at radius 2 is 1.81 bits per heavy atom. The van der Waals surface area contributed by atoms with E-state index in [-0.39, 0.29) is 22.6 Å². The number of carbonyl (C=O) groups is 2. The SMILES string of the molecule is COc1cc(NC(=O)NC2CCC(C(=O)O)CC2)ccc1S(=O)(=O)N(C)C. The van der Waals surface area contributed by atoms with Crippen LogP contribution in [0.5, 0.6) is 5.75 Å². The van der Waals surface area contributed by atoms with Gasteiger partial charge in [-0.15, -0.1) is 0 Å². The van der Waals surface area contributed by atoms with Crippen LogP contribution in [-0.2, 0) is 14.8 Å². The van der Waals surface area contributed by atoms with Gasteiger partial charge in [0.25, 0.3) is 0 Å². The Bertz CT molecular complexity index is 801. The highest BCUT2D eigenvalue weighted by Gasteiger charge is 2.27. The Morgan fingerprint density at radius 1 is 1.19 bits per heavy atom. The summed E-state index contributed by atoms with van der Waals surface area (Å²) in [6.07, 6.45) is 2.28. The van der Waals surface area contributed by atoms with Crippen molar-refractivity contribution in [2.75, 3.05) is 26.5 Å². The van der Waals surface area contributed by atoms with E-state index in [1.54, 1.807) is 0 Å². The van der Waals surface area contributed by atoms with Crippen LogP contribution in [0.15, 0.2) is 23.1 Å². The lowest BCUT2D eigenvalue weighted by molar-refractivity contribution is -0.142. The van der Waals surface area contributed by atoms with Crippen LogP contribution in [0.1, 0.15) is 25.7 Å². The number of aliphatic carboxylic acids is 1. The highest BCUT2D eigenvalue weighted by Crippen LogP contribution is 2.29. The molecule has 0 radical (unpaired) electrons. The lowest BCUT2D eigenvalue weighted by Gasteiger charge is -2.26. The number of methoxy groups -OCH3 is 1. The van der Waals surface area contributed by atoms with E-state index in [0.29, 0.717) is 31.4 Å². The molecule has 9 nitrogen and oxygen atoms in total. The van der Waals surface area contributed by atoms with Crippen molar-refractivity contribution < 1.29 is 27.9 Å². The van der Waals surface area contributed by atoms with Gasteiger partial charge in [-0.1, -0.05) is 0 Å². The number of amides is 2. The number of nitrogens with one attached hydrogen (secondary N) is 2. The fraction of sp³-hybridized carbons (Fsp3) is 0.529. The lowest BCUT2D eigenvalue weighted by atomic mass is 9.86. The van der Waals surface area contributed by atoms with E-state index in [9.17, 15) is 18.0 Å².